The van der Waals surface area contributed by atoms with Gasteiger partial charge in [-0.05, 0) is 55.3 Å². The number of thioether (sulfide) groups is 1. The van der Waals surface area contributed by atoms with Gasteiger partial charge in [-0.15, -0.1) is 10.2 Å². The number of carbonyl (C=O) groups excluding carboxylic acids is 1. The van der Waals surface area contributed by atoms with Crippen LogP contribution in [0.25, 0.3) is 0 Å². The van der Waals surface area contributed by atoms with E-state index in [4.69, 9.17) is 16.3 Å². The van der Waals surface area contributed by atoms with E-state index in [1.54, 1.807) is 12.1 Å². The Hall–Kier alpha value is -2.65. The summed E-state index contributed by atoms with van der Waals surface area (Å²) in [4.78, 5) is 12.3. The van der Waals surface area contributed by atoms with Crippen molar-refractivity contribution < 1.29 is 18.3 Å². The first kappa shape index (κ1) is 24.0. The van der Waals surface area contributed by atoms with E-state index in [2.05, 4.69) is 29.4 Å². The van der Waals surface area contributed by atoms with Crippen LogP contribution < -0.4 is 10.1 Å². The lowest BCUT2D eigenvalue weighted by molar-refractivity contribution is -0.113. The minimum atomic E-state index is -0.604. The highest BCUT2D eigenvalue weighted by Crippen LogP contribution is 2.26. The molecule has 0 saturated carbocycles. The van der Waals surface area contributed by atoms with Crippen molar-refractivity contribution in [1.29, 1.82) is 0 Å². The predicted octanol–water partition coefficient (Wildman–Crippen LogP) is 5.74. The van der Waals surface area contributed by atoms with Crippen LogP contribution in [-0.2, 0) is 11.3 Å². The predicted molar refractivity (Wildman–Crippen MR) is 121 cm³/mol. The second-order valence-corrected chi connectivity index (χ2v) is 8.90. The van der Waals surface area contributed by atoms with E-state index in [-0.39, 0.29) is 28.2 Å². The molecule has 3 rings (SSSR count). The van der Waals surface area contributed by atoms with Crippen molar-refractivity contribution in [1.82, 2.24) is 14.8 Å². The number of amides is 1. The van der Waals surface area contributed by atoms with Crippen LogP contribution in [0.15, 0.2) is 47.6 Å². The molecule has 1 heterocycles. The van der Waals surface area contributed by atoms with E-state index in [0.29, 0.717) is 29.2 Å². The van der Waals surface area contributed by atoms with E-state index in [9.17, 15) is 13.6 Å². The zero-order valence-electron chi connectivity index (χ0n) is 17.8. The normalized spacial score (nSPS) is 12.1. The van der Waals surface area contributed by atoms with Crippen molar-refractivity contribution in [2.75, 3.05) is 11.1 Å². The van der Waals surface area contributed by atoms with Crippen molar-refractivity contribution in [3.05, 3.63) is 64.9 Å². The van der Waals surface area contributed by atoms with Gasteiger partial charge in [-0.2, -0.15) is 0 Å². The van der Waals surface area contributed by atoms with Crippen LogP contribution in [-0.4, -0.2) is 26.4 Å². The zero-order valence-corrected chi connectivity index (χ0v) is 19.4. The number of ether oxygens (including phenoxy) is 1. The molecule has 0 aliphatic rings. The molecule has 1 atom stereocenters. The van der Waals surface area contributed by atoms with Crippen molar-refractivity contribution in [3.63, 3.8) is 0 Å². The first-order chi connectivity index (χ1) is 15.2. The number of benzene rings is 2. The number of rotatable bonds is 9. The summed E-state index contributed by atoms with van der Waals surface area (Å²) >= 11 is 6.93. The molecule has 6 nitrogen and oxygen atoms in total. The summed E-state index contributed by atoms with van der Waals surface area (Å²) in [6.45, 7) is 6.56. The Morgan fingerprint density at radius 1 is 1.16 bits per heavy atom. The molecule has 1 aromatic heterocycles. The molecule has 170 valence electrons. The van der Waals surface area contributed by atoms with Gasteiger partial charge < -0.3 is 14.6 Å². The van der Waals surface area contributed by atoms with Gasteiger partial charge in [-0.25, -0.2) is 8.78 Å². The number of carbonyl (C=O) groups is 1. The lowest BCUT2D eigenvalue weighted by Crippen LogP contribution is -2.17. The second-order valence-electron chi connectivity index (χ2n) is 7.52. The Labute approximate surface area is 194 Å². The van der Waals surface area contributed by atoms with Gasteiger partial charge in [0.2, 0.25) is 5.91 Å². The molecule has 0 radical (unpaired) electrons. The molecule has 32 heavy (non-hydrogen) atoms. The molecule has 1 unspecified atom stereocenters. The number of aromatic nitrogens is 3. The third kappa shape index (κ3) is 6.43. The van der Waals surface area contributed by atoms with Crippen molar-refractivity contribution in [2.24, 2.45) is 5.92 Å². The van der Waals surface area contributed by atoms with E-state index in [1.165, 1.54) is 36.0 Å². The van der Waals surface area contributed by atoms with Gasteiger partial charge in [0.15, 0.2) is 17.1 Å². The smallest absolute Gasteiger partial charge is 0.234 e. The van der Waals surface area contributed by atoms with Crippen molar-refractivity contribution >= 4 is 35.0 Å². The molecule has 1 amide bonds. The maximum Gasteiger partial charge on any atom is 0.234 e. The Morgan fingerprint density at radius 2 is 1.88 bits per heavy atom. The number of nitrogens with one attached hydrogen (secondary N) is 1. The maximum absolute atomic E-state index is 13.9. The maximum atomic E-state index is 13.9. The van der Waals surface area contributed by atoms with Crippen LogP contribution in [0.3, 0.4) is 0 Å². The van der Waals surface area contributed by atoms with Gasteiger partial charge in [0.05, 0.1) is 11.4 Å². The average molecular weight is 481 g/mol. The molecule has 1 N–H and O–H groups in total. The Morgan fingerprint density at radius 3 is 2.53 bits per heavy atom. The minimum absolute atomic E-state index is 0.0193. The molecule has 0 aliphatic heterocycles. The molecular weight excluding hydrogens is 458 g/mol. The van der Waals surface area contributed by atoms with Crippen LogP contribution in [0.5, 0.6) is 5.75 Å². The van der Waals surface area contributed by atoms with Crippen molar-refractivity contribution in [2.45, 2.75) is 38.6 Å². The number of hydrogen-bond acceptors (Lipinski definition) is 5. The fraction of sp³-hybridized carbons (Fsp3) is 0.318. The molecule has 10 heteroatoms. The molecule has 0 spiro atoms. The van der Waals surface area contributed by atoms with Gasteiger partial charge in [0.25, 0.3) is 0 Å². The first-order valence-corrected chi connectivity index (χ1v) is 11.3. The number of halogens is 3. The number of nitrogens with zero attached hydrogens (tertiary/aromatic N) is 3. The monoisotopic (exact) mass is 480 g/mol. The molecule has 0 fully saturated rings. The summed E-state index contributed by atoms with van der Waals surface area (Å²) in [5.74, 6) is 0.0834. The van der Waals surface area contributed by atoms with E-state index < -0.39 is 11.9 Å². The Kier molecular flexibility index (Phi) is 8.09. The minimum Gasteiger partial charge on any atom is -0.483 e. The summed E-state index contributed by atoms with van der Waals surface area (Å²) in [5, 5.41) is 11.8. The van der Waals surface area contributed by atoms with Crippen LogP contribution in [0.2, 0.25) is 5.02 Å². The molecule has 0 aliphatic carbocycles. The van der Waals surface area contributed by atoms with E-state index >= 15 is 0 Å². The number of anilines is 1. The highest BCUT2D eigenvalue weighted by atomic mass is 35.5. The summed E-state index contributed by atoms with van der Waals surface area (Å²) in [6, 6.07) is 9.79. The number of hydrogen-bond donors (Lipinski definition) is 1. The molecule has 2 aromatic carbocycles. The average Bonchev–Trinajstić information content (AvgIpc) is 3.12. The van der Waals surface area contributed by atoms with Gasteiger partial charge >= 0.3 is 0 Å². The molecule has 3 aromatic rings. The van der Waals surface area contributed by atoms with Crippen LogP contribution >= 0.6 is 23.4 Å². The van der Waals surface area contributed by atoms with Crippen LogP contribution in [0.4, 0.5) is 14.5 Å². The summed E-state index contributed by atoms with van der Waals surface area (Å²) < 4.78 is 34.8. The quantitative estimate of drug-likeness (QED) is 0.396. The third-order valence-corrected chi connectivity index (χ3v) is 5.52. The van der Waals surface area contributed by atoms with Gasteiger partial charge in [-0.3, -0.25) is 4.79 Å². The highest BCUT2D eigenvalue weighted by molar-refractivity contribution is 7.99. The third-order valence-electron chi connectivity index (χ3n) is 4.32. The summed E-state index contributed by atoms with van der Waals surface area (Å²) in [7, 11) is 0. The topological polar surface area (TPSA) is 69.0 Å². The van der Waals surface area contributed by atoms with Gasteiger partial charge in [0.1, 0.15) is 17.4 Å². The second kappa shape index (κ2) is 10.8. The standard InChI is InChI=1S/C22H23ClF2N4O2S/c1-13(2)11-29-21(14(3)31-17-7-5-16(24)6-8-17)27-28-22(29)32-12-20(30)26-19-9-4-15(23)10-18(19)25/h4-10,13-14H,11-12H2,1-3H3,(H,26,30). The van der Waals surface area contributed by atoms with Crippen molar-refractivity contribution in [3.8, 4) is 5.75 Å². The summed E-state index contributed by atoms with van der Waals surface area (Å²) in [6.07, 6.45) is -0.446. The van der Waals surface area contributed by atoms with Gasteiger partial charge in [0, 0.05) is 11.6 Å². The van der Waals surface area contributed by atoms with E-state index in [0.717, 1.165) is 6.07 Å². The molecular formula is C22H23ClF2N4O2S. The van der Waals surface area contributed by atoms with Crippen LogP contribution in [0, 0.1) is 17.6 Å². The zero-order chi connectivity index (χ0) is 23.3. The van der Waals surface area contributed by atoms with E-state index in [1.807, 2.05) is 11.5 Å². The Balaban J connectivity index is 1.69. The Bertz CT molecular complexity index is 1080. The largest absolute Gasteiger partial charge is 0.483 e. The van der Waals surface area contributed by atoms with Gasteiger partial charge in [-0.1, -0.05) is 37.2 Å². The first-order valence-electron chi connectivity index (χ1n) is 9.96. The lowest BCUT2D eigenvalue weighted by Gasteiger charge is -2.17. The van der Waals surface area contributed by atoms with Crippen LogP contribution in [0.1, 0.15) is 32.7 Å². The fourth-order valence-corrected chi connectivity index (χ4v) is 3.84. The SMILES string of the molecule is CC(C)Cn1c(SCC(=O)Nc2ccc(Cl)cc2F)nnc1C(C)Oc1ccc(F)cc1. The lowest BCUT2D eigenvalue weighted by atomic mass is 10.2. The summed E-state index contributed by atoms with van der Waals surface area (Å²) in [5.41, 5.74) is 0.0608. The fourth-order valence-electron chi connectivity index (χ4n) is 2.92. The molecule has 0 bridgehead atoms. The molecule has 0 saturated heterocycles. The highest BCUT2D eigenvalue weighted by Gasteiger charge is 2.21.